The van der Waals surface area contributed by atoms with Gasteiger partial charge in [-0.1, -0.05) is 33.1 Å². The van der Waals surface area contributed by atoms with Gasteiger partial charge in [0, 0.05) is 9.26 Å². The summed E-state index contributed by atoms with van der Waals surface area (Å²) in [5.74, 6) is 0.474. The molecule has 0 aromatic heterocycles. The van der Waals surface area contributed by atoms with Crippen LogP contribution in [0.5, 0.6) is 0 Å². The number of halogens is 1. The number of carbonyl (C=O) groups excluding carboxylic acids is 1. The van der Waals surface area contributed by atoms with Crippen molar-refractivity contribution in [3.63, 3.8) is 0 Å². The van der Waals surface area contributed by atoms with E-state index in [9.17, 15) is 4.79 Å². The summed E-state index contributed by atoms with van der Waals surface area (Å²) in [6, 6.07) is 7.65. The average molecular weight is 375 g/mol. The third-order valence-corrected chi connectivity index (χ3v) is 3.80. The maximum absolute atomic E-state index is 11.7. The first-order chi connectivity index (χ1) is 9.15. The van der Waals surface area contributed by atoms with Crippen molar-refractivity contribution in [3.8, 4) is 0 Å². The van der Waals surface area contributed by atoms with Crippen molar-refractivity contribution >= 4 is 34.4 Å². The van der Waals surface area contributed by atoms with Gasteiger partial charge in [0.05, 0.1) is 6.61 Å². The Kier molecular flexibility index (Phi) is 7.86. The summed E-state index contributed by atoms with van der Waals surface area (Å²) in [4.78, 5) is 11.7. The Morgan fingerprint density at radius 3 is 2.58 bits per heavy atom. The van der Waals surface area contributed by atoms with E-state index in [-0.39, 0.29) is 6.09 Å². The van der Waals surface area contributed by atoms with Gasteiger partial charge in [0.15, 0.2) is 0 Å². The molecule has 1 atom stereocenters. The van der Waals surface area contributed by atoms with Gasteiger partial charge in [-0.2, -0.15) is 0 Å². The number of hydrogen-bond donors (Lipinski definition) is 1. The monoisotopic (exact) mass is 375 g/mol. The summed E-state index contributed by atoms with van der Waals surface area (Å²) in [5, 5.41) is 2.74. The minimum absolute atomic E-state index is 0.365. The summed E-state index contributed by atoms with van der Waals surface area (Å²) in [6.45, 7) is 4.82. The number of anilines is 1. The van der Waals surface area contributed by atoms with Crippen LogP contribution in [0.1, 0.15) is 39.5 Å². The van der Waals surface area contributed by atoms with E-state index in [1.165, 1.54) is 12.8 Å². The number of ether oxygens (including phenoxy) is 1. The molecule has 0 unspecified atom stereocenters. The van der Waals surface area contributed by atoms with Crippen LogP contribution >= 0.6 is 22.6 Å². The molecule has 0 saturated heterocycles. The number of benzene rings is 1. The van der Waals surface area contributed by atoms with Crippen LogP contribution in [-0.2, 0) is 4.74 Å². The van der Waals surface area contributed by atoms with E-state index in [1.54, 1.807) is 0 Å². The predicted molar refractivity (Wildman–Crippen MR) is 87.4 cm³/mol. The molecule has 4 heteroatoms. The normalized spacial score (nSPS) is 11.9. The van der Waals surface area contributed by atoms with Crippen LogP contribution in [0.2, 0.25) is 0 Å². The van der Waals surface area contributed by atoms with E-state index >= 15 is 0 Å². The minimum atomic E-state index is -0.365. The summed E-state index contributed by atoms with van der Waals surface area (Å²) in [7, 11) is 0. The van der Waals surface area contributed by atoms with E-state index in [4.69, 9.17) is 4.74 Å². The Morgan fingerprint density at radius 2 is 2.00 bits per heavy atom. The lowest BCUT2D eigenvalue weighted by molar-refractivity contribution is 0.136. The van der Waals surface area contributed by atoms with Crippen LogP contribution in [-0.4, -0.2) is 12.7 Å². The quantitative estimate of drug-likeness (QED) is 0.677. The molecule has 106 valence electrons. The summed E-state index contributed by atoms with van der Waals surface area (Å²) >= 11 is 2.23. The zero-order chi connectivity index (χ0) is 14.1. The molecule has 0 radical (unpaired) electrons. The Bertz CT molecular complexity index is 378. The molecule has 19 heavy (non-hydrogen) atoms. The first kappa shape index (κ1) is 16.3. The zero-order valence-electron chi connectivity index (χ0n) is 11.6. The molecular formula is C15H22INO2. The molecule has 0 heterocycles. The number of hydrogen-bond acceptors (Lipinski definition) is 2. The molecule has 0 saturated carbocycles. The number of amides is 1. The van der Waals surface area contributed by atoms with Gasteiger partial charge in [0.2, 0.25) is 0 Å². The molecule has 1 N–H and O–H groups in total. The van der Waals surface area contributed by atoms with E-state index in [1.807, 2.05) is 24.3 Å². The third-order valence-electron chi connectivity index (χ3n) is 3.08. The molecule has 0 fully saturated rings. The molecule has 1 aromatic carbocycles. The maximum atomic E-state index is 11.7. The van der Waals surface area contributed by atoms with Gasteiger partial charge in [-0.05, 0) is 59.2 Å². The van der Waals surface area contributed by atoms with Gasteiger partial charge in [-0.3, -0.25) is 5.32 Å². The maximum Gasteiger partial charge on any atom is 0.411 e. The van der Waals surface area contributed by atoms with Gasteiger partial charge >= 0.3 is 6.09 Å². The van der Waals surface area contributed by atoms with Crippen LogP contribution in [0, 0.1) is 9.49 Å². The Hall–Kier alpha value is -0.780. The Labute approximate surface area is 129 Å². The van der Waals surface area contributed by atoms with Crippen molar-refractivity contribution in [1.29, 1.82) is 0 Å². The number of carbonyl (C=O) groups is 1. The van der Waals surface area contributed by atoms with Crippen molar-refractivity contribution in [2.24, 2.45) is 5.92 Å². The molecule has 0 aliphatic heterocycles. The molecular weight excluding hydrogens is 353 g/mol. The van der Waals surface area contributed by atoms with Crippen LogP contribution in [0.3, 0.4) is 0 Å². The van der Waals surface area contributed by atoms with E-state index in [0.717, 1.165) is 22.1 Å². The Balaban J connectivity index is 2.32. The minimum Gasteiger partial charge on any atom is -0.449 e. The van der Waals surface area contributed by atoms with Crippen LogP contribution < -0.4 is 5.32 Å². The first-order valence-electron chi connectivity index (χ1n) is 6.85. The fourth-order valence-corrected chi connectivity index (χ4v) is 2.14. The average Bonchev–Trinajstić information content (AvgIpc) is 2.42. The second kappa shape index (κ2) is 9.18. The van der Waals surface area contributed by atoms with Gasteiger partial charge in [0.1, 0.15) is 0 Å². The summed E-state index contributed by atoms with van der Waals surface area (Å²) in [6.07, 6.45) is 4.20. The van der Waals surface area contributed by atoms with Gasteiger partial charge in [-0.25, -0.2) is 4.79 Å². The molecule has 0 bridgehead atoms. The number of unbranched alkanes of at least 4 members (excludes halogenated alkanes) is 1. The first-order valence-corrected chi connectivity index (χ1v) is 7.92. The zero-order valence-corrected chi connectivity index (χ0v) is 13.8. The van der Waals surface area contributed by atoms with Crippen LogP contribution in [0.4, 0.5) is 10.5 Å². The highest BCUT2D eigenvalue weighted by atomic mass is 127. The predicted octanol–water partition coefficient (Wildman–Crippen LogP) is 5.06. The standard InChI is InChI=1S/C15H22INO2/c1-3-5-6-12(4-2)11-19-15(18)17-14-9-7-13(16)8-10-14/h7-10,12H,3-6,11H2,1-2H3,(H,17,18)/t12-/m0/s1. The fourth-order valence-electron chi connectivity index (χ4n) is 1.78. The van der Waals surface area contributed by atoms with Gasteiger partial charge in [-0.15, -0.1) is 0 Å². The van der Waals surface area contributed by atoms with Crippen molar-refractivity contribution in [2.45, 2.75) is 39.5 Å². The lowest BCUT2D eigenvalue weighted by atomic mass is 10.0. The van der Waals surface area contributed by atoms with E-state index < -0.39 is 0 Å². The highest BCUT2D eigenvalue weighted by Gasteiger charge is 2.09. The number of nitrogens with one attached hydrogen (secondary N) is 1. The van der Waals surface area contributed by atoms with Crippen LogP contribution in [0.15, 0.2) is 24.3 Å². The molecule has 1 amide bonds. The van der Waals surface area contributed by atoms with Crippen molar-refractivity contribution in [2.75, 3.05) is 11.9 Å². The largest absolute Gasteiger partial charge is 0.449 e. The molecule has 1 aromatic rings. The lowest BCUT2D eigenvalue weighted by Crippen LogP contribution is -2.18. The number of rotatable bonds is 7. The third kappa shape index (κ3) is 6.80. The highest BCUT2D eigenvalue weighted by molar-refractivity contribution is 14.1. The summed E-state index contributed by atoms with van der Waals surface area (Å²) in [5.41, 5.74) is 0.770. The molecule has 0 aliphatic carbocycles. The molecule has 1 rings (SSSR count). The van der Waals surface area contributed by atoms with Crippen molar-refractivity contribution in [3.05, 3.63) is 27.8 Å². The SMILES string of the molecule is CCCC[C@H](CC)COC(=O)Nc1ccc(I)cc1. The van der Waals surface area contributed by atoms with Gasteiger partial charge < -0.3 is 4.74 Å². The molecule has 0 aliphatic rings. The van der Waals surface area contributed by atoms with E-state index in [0.29, 0.717) is 12.5 Å². The van der Waals surface area contributed by atoms with E-state index in [2.05, 4.69) is 41.8 Å². The topological polar surface area (TPSA) is 38.3 Å². The van der Waals surface area contributed by atoms with Crippen LogP contribution in [0.25, 0.3) is 0 Å². The second-order valence-corrected chi connectivity index (χ2v) is 5.89. The molecule has 3 nitrogen and oxygen atoms in total. The lowest BCUT2D eigenvalue weighted by Gasteiger charge is -2.15. The fraction of sp³-hybridized carbons (Fsp3) is 0.533. The Morgan fingerprint density at radius 1 is 1.32 bits per heavy atom. The molecule has 0 spiro atoms. The van der Waals surface area contributed by atoms with Gasteiger partial charge in [0.25, 0.3) is 0 Å². The van der Waals surface area contributed by atoms with Crippen molar-refractivity contribution < 1.29 is 9.53 Å². The summed E-state index contributed by atoms with van der Waals surface area (Å²) < 4.78 is 6.42. The highest BCUT2D eigenvalue weighted by Crippen LogP contribution is 2.14. The van der Waals surface area contributed by atoms with Crippen molar-refractivity contribution in [1.82, 2.24) is 0 Å². The smallest absolute Gasteiger partial charge is 0.411 e. The second-order valence-electron chi connectivity index (χ2n) is 4.65.